The summed E-state index contributed by atoms with van der Waals surface area (Å²) < 4.78 is 7.54. The van der Waals surface area contributed by atoms with Crippen molar-refractivity contribution in [2.75, 3.05) is 17.7 Å². The summed E-state index contributed by atoms with van der Waals surface area (Å²) in [4.78, 5) is 17.3. The lowest BCUT2D eigenvalue weighted by atomic mass is 10.2. The van der Waals surface area contributed by atoms with Gasteiger partial charge < -0.3 is 10.1 Å². The Labute approximate surface area is 180 Å². The van der Waals surface area contributed by atoms with Gasteiger partial charge in [0.25, 0.3) is 0 Å². The molecule has 0 fully saturated rings. The molecule has 5 nitrogen and oxygen atoms in total. The molecule has 0 saturated carbocycles. The summed E-state index contributed by atoms with van der Waals surface area (Å²) in [5, 5.41) is 3.72. The number of thioether (sulfide) groups is 1. The molecule has 0 aliphatic carbocycles. The van der Waals surface area contributed by atoms with E-state index in [0.717, 1.165) is 33.3 Å². The van der Waals surface area contributed by atoms with Crippen LogP contribution in [0.2, 0.25) is 0 Å². The second-order valence-electron chi connectivity index (χ2n) is 6.85. The highest BCUT2D eigenvalue weighted by Crippen LogP contribution is 2.28. The molecule has 1 N–H and O–H groups in total. The molecule has 0 unspecified atom stereocenters. The predicted molar refractivity (Wildman–Crippen MR) is 123 cm³/mol. The smallest absolute Gasteiger partial charge is 0.234 e. The first kappa shape index (κ1) is 20.0. The van der Waals surface area contributed by atoms with Crippen LogP contribution in [0.5, 0.6) is 5.75 Å². The van der Waals surface area contributed by atoms with Crippen LogP contribution >= 0.6 is 11.8 Å². The van der Waals surface area contributed by atoms with E-state index in [1.165, 1.54) is 17.3 Å². The van der Waals surface area contributed by atoms with Gasteiger partial charge >= 0.3 is 0 Å². The molecule has 0 spiro atoms. The molecule has 6 heteroatoms. The molecular formula is C24H23N3O2S. The molecule has 30 heavy (non-hydrogen) atoms. The number of benzene rings is 3. The van der Waals surface area contributed by atoms with Gasteiger partial charge in [-0.3, -0.25) is 9.36 Å². The number of imidazole rings is 1. The number of rotatable bonds is 7. The number of aromatic nitrogens is 2. The zero-order valence-electron chi connectivity index (χ0n) is 17.0. The number of nitrogens with one attached hydrogen (secondary N) is 1. The van der Waals surface area contributed by atoms with Gasteiger partial charge in [-0.1, -0.05) is 41.6 Å². The van der Waals surface area contributed by atoms with Crippen molar-refractivity contribution in [1.82, 2.24) is 9.55 Å². The lowest BCUT2D eigenvalue weighted by molar-refractivity contribution is -0.113. The number of nitrogens with zero attached hydrogens (tertiary/aromatic N) is 2. The Morgan fingerprint density at radius 3 is 2.50 bits per heavy atom. The number of para-hydroxylation sites is 2. The van der Waals surface area contributed by atoms with Crippen molar-refractivity contribution < 1.29 is 9.53 Å². The van der Waals surface area contributed by atoms with Crippen LogP contribution < -0.4 is 10.1 Å². The number of carbonyl (C=O) groups excluding carboxylic acids is 1. The van der Waals surface area contributed by atoms with Crippen LogP contribution in [0.3, 0.4) is 0 Å². The summed E-state index contributed by atoms with van der Waals surface area (Å²) in [6.07, 6.45) is 0. The van der Waals surface area contributed by atoms with Crippen molar-refractivity contribution in [3.63, 3.8) is 0 Å². The fraction of sp³-hybridized carbons (Fsp3) is 0.167. The van der Waals surface area contributed by atoms with Gasteiger partial charge in [0.1, 0.15) is 5.75 Å². The van der Waals surface area contributed by atoms with E-state index in [-0.39, 0.29) is 11.7 Å². The Bertz CT molecular complexity index is 1150. The molecule has 3 aromatic carbocycles. The quantitative estimate of drug-likeness (QED) is 0.406. The van der Waals surface area contributed by atoms with Crippen molar-refractivity contribution in [3.05, 3.63) is 78.4 Å². The highest BCUT2D eigenvalue weighted by Gasteiger charge is 2.14. The molecule has 1 aromatic heterocycles. The maximum atomic E-state index is 12.5. The molecule has 4 aromatic rings. The minimum absolute atomic E-state index is 0.0772. The van der Waals surface area contributed by atoms with Crippen molar-refractivity contribution in [2.24, 2.45) is 0 Å². The average Bonchev–Trinajstić information content (AvgIpc) is 3.13. The standard InChI is InChI=1S/C24H23N3O2S/c1-3-29-20-14-10-18(11-15-20)25-23(28)16-30-24-26-21-6-4-5-7-22(21)27(24)19-12-8-17(2)9-13-19/h4-15H,3,16H2,1-2H3,(H,25,28). The summed E-state index contributed by atoms with van der Waals surface area (Å²) in [6.45, 7) is 4.62. The predicted octanol–water partition coefficient (Wildman–Crippen LogP) is 5.46. The van der Waals surface area contributed by atoms with Gasteiger partial charge in [0.05, 0.1) is 23.4 Å². The molecule has 4 rings (SSSR count). The Morgan fingerprint density at radius 2 is 1.77 bits per heavy atom. The molecule has 1 heterocycles. The third kappa shape index (κ3) is 4.49. The van der Waals surface area contributed by atoms with E-state index in [1.807, 2.05) is 55.5 Å². The monoisotopic (exact) mass is 417 g/mol. The van der Waals surface area contributed by atoms with Crippen molar-refractivity contribution >= 4 is 34.4 Å². The van der Waals surface area contributed by atoms with E-state index in [0.29, 0.717) is 6.61 Å². The number of hydrogen-bond donors (Lipinski definition) is 1. The van der Waals surface area contributed by atoms with Crippen molar-refractivity contribution in [1.29, 1.82) is 0 Å². The summed E-state index contributed by atoms with van der Waals surface area (Å²) in [5.41, 5.74) is 4.91. The van der Waals surface area contributed by atoms with Gasteiger partial charge in [-0.2, -0.15) is 0 Å². The molecule has 0 aliphatic heterocycles. The first-order valence-corrected chi connectivity index (χ1v) is 10.8. The lowest BCUT2D eigenvalue weighted by Gasteiger charge is -2.10. The van der Waals surface area contributed by atoms with Gasteiger partial charge in [-0.15, -0.1) is 0 Å². The molecule has 1 amide bonds. The van der Waals surface area contributed by atoms with Crippen molar-refractivity contribution in [3.8, 4) is 11.4 Å². The van der Waals surface area contributed by atoms with Crippen LogP contribution in [0.25, 0.3) is 16.7 Å². The minimum atomic E-state index is -0.0772. The van der Waals surface area contributed by atoms with Crippen LogP contribution in [0, 0.1) is 6.92 Å². The van der Waals surface area contributed by atoms with Gasteiger partial charge in [-0.25, -0.2) is 4.98 Å². The molecule has 0 atom stereocenters. The fourth-order valence-electron chi connectivity index (χ4n) is 3.17. The lowest BCUT2D eigenvalue weighted by Crippen LogP contribution is -2.14. The van der Waals surface area contributed by atoms with Crippen LogP contribution in [-0.4, -0.2) is 27.8 Å². The zero-order chi connectivity index (χ0) is 20.9. The molecular weight excluding hydrogens is 394 g/mol. The topological polar surface area (TPSA) is 56.1 Å². The fourth-order valence-corrected chi connectivity index (χ4v) is 4.00. The Kier molecular flexibility index (Phi) is 6.05. The normalized spacial score (nSPS) is 10.9. The van der Waals surface area contributed by atoms with E-state index in [4.69, 9.17) is 9.72 Å². The van der Waals surface area contributed by atoms with Crippen LogP contribution in [0.15, 0.2) is 78.0 Å². The van der Waals surface area contributed by atoms with E-state index in [2.05, 4.69) is 41.1 Å². The molecule has 0 radical (unpaired) electrons. The van der Waals surface area contributed by atoms with Gasteiger partial charge in [0, 0.05) is 11.4 Å². The highest BCUT2D eigenvalue weighted by molar-refractivity contribution is 7.99. The molecule has 0 saturated heterocycles. The van der Waals surface area contributed by atoms with Gasteiger partial charge in [-0.05, 0) is 62.4 Å². The third-order valence-corrected chi connectivity index (χ3v) is 5.54. The van der Waals surface area contributed by atoms with Crippen LogP contribution in [-0.2, 0) is 4.79 Å². The number of aryl methyl sites for hydroxylation is 1. The van der Waals surface area contributed by atoms with E-state index in [1.54, 1.807) is 0 Å². The minimum Gasteiger partial charge on any atom is -0.494 e. The first-order valence-electron chi connectivity index (χ1n) is 9.84. The molecule has 0 bridgehead atoms. The third-order valence-electron chi connectivity index (χ3n) is 4.60. The molecule has 152 valence electrons. The zero-order valence-corrected chi connectivity index (χ0v) is 17.8. The summed E-state index contributed by atoms with van der Waals surface area (Å²) in [6, 6.07) is 23.7. The summed E-state index contributed by atoms with van der Waals surface area (Å²) in [7, 11) is 0. The number of anilines is 1. The summed E-state index contributed by atoms with van der Waals surface area (Å²) >= 11 is 1.43. The van der Waals surface area contributed by atoms with E-state index < -0.39 is 0 Å². The Balaban J connectivity index is 1.51. The second kappa shape index (κ2) is 9.05. The van der Waals surface area contributed by atoms with Gasteiger partial charge in [0.2, 0.25) is 5.91 Å². The maximum Gasteiger partial charge on any atom is 0.234 e. The molecule has 0 aliphatic rings. The van der Waals surface area contributed by atoms with E-state index in [9.17, 15) is 4.79 Å². The number of amides is 1. The maximum absolute atomic E-state index is 12.5. The largest absolute Gasteiger partial charge is 0.494 e. The average molecular weight is 418 g/mol. The summed E-state index contributed by atoms with van der Waals surface area (Å²) in [5.74, 6) is 0.978. The number of fused-ring (bicyclic) bond motifs is 1. The highest BCUT2D eigenvalue weighted by atomic mass is 32.2. The van der Waals surface area contributed by atoms with Crippen LogP contribution in [0.4, 0.5) is 5.69 Å². The number of carbonyl (C=O) groups is 1. The number of hydrogen-bond acceptors (Lipinski definition) is 4. The Hall–Kier alpha value is -3.25. The second-order valence-corrected chi connectivity index (χ2v) is 7.79. The van der Waals surface area contributed by atoms with Gasteiger partial charge in [0.15, 0.2) is 5.16 Å². The SMILES string of the molecule is CCOc1ccc(NC(=O)CSc2nc3ccccc3n2-c2ccc(C)cc2)cc1. The first-order chi connectivity index (χ1) is 14.6. The van der Waals surface area contributed by atoms with Crippen LogP contribution in [0.1, 0.15) is 12.5 Å². The number of ether oxygens (including phenoxy) is 1. The van der Waals surface area contributed by atoms with E-state index >= 15 is 0 Å². The Morgan fingerprint density at radius 1 is 1.03 bits per heavy atom. The van der Waals surface area contributed by atoms with Crippen molar-refractivity contribution in [2.45, 2.75) is 19.0 Å².